The van der Waals surface area contributed by atoms with Gasteiger partial charge in [0, 0.05) is 10.8 Å². The maximum Gasteiger partial charge on any atom is 0.153 e. The normalized spacial score (nSPS) is 24.8. The molecule has 0 aromatic rings. The molecule has 1 aliphatic rings. The van der Waals surface area contributed by atoms with E-state index in [9.17, 15) is 5.11 Å². The molecule has 0 saturated heterocycles. The number of rotatable bonds is 1. The van der Waals surface area contributed by atoms with Gasteiger partial charge >= 0.3 is 0 Å². The lowest BCUT2D eigenvalue weighted by molar-refractivity contribution is 0.442. The van der Waals surface area contributed by atoms with Gasteiger partial charge in [-0.15, -0.1) is 0 Å². The highest BCUT2D eigenvalue weighted by atomic mass is 32.2. The monoisotopic (exact) mass is 184 g/mol. The molecule has 0 spiro atoms. The number of allylic oxidation sites excluding steroid dienone is 2. The Bertz CT molecular complexity index is 238. The highest BCUT2D eigenvalue weighted by Crippen LogP contribution is 2.35. The van der Waals surface area contributed by atoms with Crippen LogP contribution in [0.4, 0.5) is 0 Å². The van der Waals surface area contributed by atoms with E-state index in [0.29, 0.717) is 16.3 Å². The molecular weight excluding hydrogens is 168 g/mol. The van der Waals surface area contributed by atoms with E-state index in [-0.39, 0.29) is 0 Å². The minimum Gasteiger partial charge on any atom is -0.502 e. The highest BCUT2D eigenvalue weighted by molar-refractivity contribution is 8.03. The smallest absolute Gasteiger partial charge is 0.153 e. The van der Waals surface area contributed by atoms with Gasteiger partial charge in [0.15, 0.2) is 5.09 Å². The van der Waals surface area contributed by atoms with Crippen molar-refractivity contribution < 1.29 is 5.11 Å². The summed E-state index contributed by atoms with van der Waals surface area (Å²) in [4.78, 5) is 0. The van der Waals surface area contributed by atoms with Crippen LogP contribution >= 0.6 is 11.8 Å². The second kappa shape index (κ2) is 3.56. The molecule has 1 heterocycles. The lowest BCUT2D eigenvalue weighted by Gasteiger charge is -2.21. The van der Waals surface area contributed by atoms with Crippen molar-refractivity contribution in [1.82, 2.24) is 0 Å². The quantitative estimate of drug-likeness (QED) is 0.673. The van der Waals surface area contributed by atoms with Crippen molar-refractivity contribution in [3.05, 3.63) is 22.3 Å². The molecule has 1 N–H and O–H groups in total. The summed E-state index contributed by atoms with van der Waals surface area (Å²) < 4.78 is 0. The van der Waals surface area contributed by atoms with E-state index in [1.807, 2.05) is 0 Å². The predicted octanol–water partition coefficient (Wildman–Crippen LogP) is 3.49. The van der Waals surface area contributed by atoms with E-state index in [2.05, 4.69) is 33.8 Å². The van der Waals surface area contributed by atoms with Crippen LogP contribution in [0.1, 0.15) is 27.7 Å². The van der Waals surface area contributed by atoms with Gasteiger partial charge in [-0.3, -0.25) is 0 Å². The summed E-state index contributed by atoms with van der Waals surface area (Å²) in [5.41, 5.74) is 2.43. The summed E-state index contributed by atoms with van der Waals surface area (Å²) >= 11 is 1.55. The summed E-state index contributed by atoms with van der Waals surface area (Å²) in [6.45, 7) is 8.44. The Morgan fingerprint density at radius 2 is 2.08 bits per heavy atom. The van der Waals surface area contributed by atoms with E-state index in [1.165, 1.54) is 5.57 Å². The molecule has 0 aromatic heterocycles. The first-order valence-electron chi connectivity index (χ1n) is 4.30. The summed E-state index contributed by atoms with van der Waals surface area (Å²) in [6, 6.07) is 0. The van der Waals surface area contributed by atoms with Crippen LogP contribution in [-0.4, -0.2) is 10.4 Å². The Morgan fingerprint density at radius 3 is 2.58 bits per heavy atom. The first-order chi connectivity index (χ1) is 5.52. The Labute approximate surface area is 78.6 Å². The standard InChI is InChI=1S/C10H16OS/c1-6(2)9-5-7(3)8(4)12-10(9)11/h5-6,8,11H,1-4H3. The van der Waals surface area contributed by atoms with Crippen molar-refractivity contribution >= 4 is 11.8 Å². The van der Waals surface area contributed by atoms with Gasteiger partial charge in [-0.2, -0.15) is 0 Å². The first kappa shape index (κ1) is 9.72. The molecule has 0 aliphatic carbocycles. The Kier molecular flexibility index (Phi) is 2.89. The van der Waals surface area contributed by atoms with Gasteiger partial charge < -0.3 is 5.11 Å². The van der Waals surface area contributed by atoms with Crippen LogP contribution in [0.3, 0.4) is 0 Å². The lowest BCUT2D eigenvalue weighted by Crippen LogP contribution is -2.08. The molecule has 0 amide bonds. The Balaban J connectivity index is 2.94. The van der Waals surface area contributed by atoms with E-state index in [4.69, 9.17) is 0 Å². The zero-order valence-corrected chi connectivity index (χ0v) is 8.90. The number of thioether (sulfide) groups is 1. The fraction of sp³-hybridized carbons (Fsp3) is 0.600. The van der Waals surface area contributed by atoms with Crippen molar-refractivity contribution in [2.75, 3.05) is 0 Å². The Hall–Kier alpha value is -0.370. The van der Waals surface area contributed by atoms with Crippen LogP contribution in [0, 0.1) is 5.92 Å². The molecule has 0 fully saturated rings. The Morgan fingerprint density at radius 1 is 1.50 bits per heavy atom. The van der Waals surface area contributed by atoms with Crippen LogP contribution in [0.5, 0.6) is 0 Å². The molecule has 1 aliphatic heterocycles. The zero-order chi connectivity index (χ0) is 9.30. The van der Waals surface area contributed by atoms with Crippen molar-refractivity contribution in [2.45, 2.75) is 32.9 Å². The van der Waals surface area contributed by atoms with Gasteiger partial charge in [0.05, 0.1) is 0 Å². The third kappa shape index (κ3) is 1.86. The second-order valence-corrected chi connectivity index (χ2v) is 4.89. The molecule has 12 heavy (non-hydrogen) atoms. The maximum absolute atomic E-state index is 9.63. The number of hydrogen-bond acceptors (Lipinski definition) is 2. The molecule has 0 radical (unpaired) electrons. The first-order valence-corrected chi connectivity index (χ1v) is 5.18. The van der Waals surface area contributed by atoms with Crippen molar-refractivity contribution in [3.8, 4) is 0 Å². The summed E-state index contributed by atoms with van der Waals surface area (Å²) in [5, 5.41) is 10.6. The number of aliphatic hydroxyl groups is 1. The van der Waals surface area contributed by atoms with Crippen LogP contribution in [0.15, 0.2) is 22.3 Å². The van der Waals surface area contributed by atoms with Gasteiger partial charge in [0.25, 0.3) is 0 Å². The van der Waals surface area contributed by atoms with Crippen LogP contribution < -0.4 is 0 Å². The van der Waals surface area contributed by atoms with Gasteiger partial charge in [0.1, 0.15) is 0 Å². The van der Waals surface area contributed by atoms with Gasteiger partial charge in [-0.05, 0) is 19.8 Å². The predicted molar refractivity (Wildman–Crippen MR) is 55.3 cm³/mol. The van der Waals surface area contributed by atoms with Crippen molar-refractivity contribution in [3.63, 3.8) is 0 Å². The molecule has 0 bridgehead atoms. The lowest BCUT2D eigenvalue weighted by atomic mass is 10.0. The molecule has 0 saturated carbocycles. The average molecular weight is 184 g/mol. The van der Waals surface area contributed by atoms with Gasteiger partial charge in [-0.1, -0.05) is 37.3 Å². The van der Waals surface area contributed by atoms with Crippen molar-refractivity contribution in [2.24, 2.45) is 5.92 Å². The number of aliphatic hydroxyl groups excluding tert-OH is 1. The fourth-order valence-electron chi connectivity index (χ4n) is 1.17. The molecule has 1 unspecified atom stereocenters. The third-order valence-corrected chi connectivity index (χ3v) is 3.37. The minimum absolute atomic E-state index is 0.417. The van der Waals surface area contributed by atoms with Crippen LogP contribution in [0.25, 0.3) is 0 Å². The summed E-state index contributed by atoms with van der Waals surface area (Å²) in [6.07, 6.45) is 2.11. The second-order valence-electron chi connectivity index (χ2n) is 3.56. The van der Waals surface area contributed by atoms with Crippen molar-refractivity contribution in [1.29, 1.82) is 0 Å². The molecule has 1 atom stereocenters. The zero-order valence-electron chi connectivity index (χ0n) is 8.09. The average Bonchev–Trinajstić information content (AvgIpc) is 1.96. The molecular formula is C10H16OS. The van der Waals surface area contributed by atoms with Gasteiger partial charge in [-0.25, -0.2) is 0 Å². The molecule has 2 heteroatoms. The third-order valence-electron chi connectivity index (χ3n) is 2.18. The molecule has 0 aromatic carbocycles. The highest BCUT2D eigenvalue weighted by Gasteiger charge is 2.18. The van der Waals surface area contributed by atoms with Gasteiger partial charge in [0.2, 0.25) is 0 Å². The van der Waals surface area contributed by atoms with E-state index < -0.39 is 0 Å². The molecule has 68 valence electrons. The largest absolute Gasteiger partial charge is 0.502 e. The van der Waals surface area contributed by atoms with E-state index in [0.717, 1.165) is 5.57 Å². The van der Waals surface area contributed by atoms with E-state index in [1.54, 1.807) is 11.8 Å². The van der Waals surface area contributed by atoms with Crippen LogP contribution in [0.2, 0.25) is 0 Å². The number of hydrogen-bond donors (Lipinski definition) is 1. The van der Waals surface area contributed by atoms with Crippen LogP contribution in [-0.2, 0) is 0 Å². The summed E-state index contributed by atoms with van der Waals surface area (Å²) in [5.74, 6) is 0.417. The minimum atomic E-state index is 0.417. The van der Waals surface area contributed by atoms with E-state index >= 15 is 0 Å². The molecule has 1 rings (SSSR count). The SMILES string of the molecule is CC1=CC(C(C)C)=C(O)SC1C. The molecule has 1 nitrogen and oxygen atoms in total. The fourth-order valence-corrected chi connectivity index (χ4v) is 2.19. The summed E-state index contributed by atoms with van der Waals surface area (Å²) in [7, 11) is 0. The topological polar surface area (TPSA) is 20.2 Å². The maximum atomic E-state index is 9.63.